The Morgan fingerprint density at radius 1 is 0.796 bits per heavy atom. The zero-order valence-corrected chi connectivity index (χ0v) is 27.5. The Balaban J connectivity index is 0.000000192. The first-order valence-electron chi connectivity index (χ1n) is 14.4. The standard InChI is InChI=1S/C14H16N4O7S.C12H14N4O6S/c1-5(19)23-4-7-3-8(24-6(2)20)12(25-7)18-10-9(26-14(18)22)11(21)17-13(15)16-10;1-4(17)21-3-5-2-6(18)10(22-5)16-8-7(23-12(16)20)9(19)15-11(13)14-8/h7-8,12H,3-4H2,1-2H3,(H3,15,16,17,21);5-6,10,18H,2-3H2,1H3,(H3,13,14,15,19)/t7-,8+,12+;5-,6+,10+/m00/s1. The Morgan fingerprint density at radius 2 is 1.24 bits per heavy atom. The summed E-state index contributed by atoms with van der Waals surface area (Å²) >= 11 is 1.37. The number of hydrogen-bond acceptors (Lipinski definition) is 19. The zero-order chi connectivity index (χ0) is 35.7. The van der Waals surface area contributed by atoms with Gasteiger partial charge in [-0.3, -0.25) is 52.7 Å². The highest BCUT2D eigenvalue weighted by Gasteiger charge is 2.42. The first-order valence-corrected chi connectivity index (χ1v) is 16.0. The van der Waals surface area contributed by atoms with Crippen molar-refractivity contribution in [3.63, 3.8) is 0 Å². The maximum absolute atomic E-state index is 12.4. The predicted octanol–water partition coefficient (Wildman–Crippen LogP) is -1.55. The van der Waals surface area contributed by atoms with Crippen LogP contribution in [0.3, 0.4) is 0 Å². The van der Waals surface area contributed by atoms with Crippen LogP contribution in [0.4, 0.5) is 11.9 Å². The lowest BCUT2D eigenvalue weighted by Gasteiger charge is -2.19. The molecule has 2 aliphatic heterocycles. The third-order valence-corrected chi connectivity index (χ3v) is 8.95. The lowest BCUT2D eigenvalue weighted by molar-refractivity contribution is -0.153. The fraction of sp³-hybridized carbons (Fsp3) is 0.500. The largest absolute Gasteiger partial charge is 0.463 e. The monoisotopic (exact) mass is 726 g/mol. The number of nitrogens with two attached hydrogens (primary N) is 2. The van der Waals surface area contributed by atoms with Gasteiger partial charge in [0.25, 0.3) is 11.1 Å². The summed E-state index contributed by atoms with van der Waals surface area (Å²) in [6.07, 6.45) is -4.62. The number of aromatic nitrogens is 6. The van der Waals surface area contributed by atoms with Gasteiger partial charge in [0.15, 0.2) is 23.8 Å². The molecule has 23 heteroatoms. The first kappa shape index (κ1) is 35.3. The van der Waals surface area contributed by atoms with Gasteiger partial charge >= 0.3 is 27.7 Å². The minimum absolute atomic E-state index is 0.0319. The van der Waals surface area contributed by atoms with E-state index in [1.54, 1.807) is 0 Å². The molecule has 2 aliphatic rings. The van der Waals surface area contributed by atoms with E-state index in [-0.39, 0.29) is 58.6 Å². The summed E-state index contributed by atoms with van der Waals surface area (Å²) in [5.41, 5.74) is 10.1. The van der Waals surface area contributed by atoms with Crippen LogP contribution in [0, 0.1) is 0 Å². The van der Waals surface area contributed by atoms with Crippen molar-refractivity contribution in [2.24, 2.45) is 0 Å². The van der Waals surface area contributed by atoms with Gasteiger partial charge in [-0.05, 0) is 0 Å². The number of aliphatic hydroxyl groups is 1. The number of aromatic amines is 2. The molecule has 7 N–H and O–H groups in total. The van der Waals surface area contributed by atoms with Gasteiger partial charge in [0.2, 0.25) is 11.9 Å². The van der Waals surface area contributed by atoms with Gasteiger partial charge < -0.3 is 40.3 Å². The SMILES string of the molecule is CC(=O)OC[C@@H]1C[C@@H](O)[C@H](n2c(=O)sc3c(=O)[nH]c(N)nc32)O1.CC(=O)OC[C@@H]1C[C@@H](OC(C)=O)[C@H](n2c(=O)sc3c(=O)[nH]c(N)nc32)O1. The molecular weight excluding hydrogens is 696 g/mol. The maximum atomic E-state index is 12.4. The van der Waals surface area contributed by atoms with Crippen molar-refractivity contribution in [2.45, 2.75) is 70.5 Å². The number of ether oxygens (including phenoxy) is 5. The first-order chi connectivity index (χ1) is 23.1. The number of esters is 3. The van der Waals surface area contributed by atoms with Crippen molar-refractivity contribution < 1.29 is 43.2 Å². The van der Waals surface area contributed by atoms with E-state index in [1.165, 1.54) is 20.8 Å². The van der Waals surface area contributed by atoms with E-state index in [1.807, 2.05) is 0 Å². The van der Waals surface area contributed by atoms with Crippen LogP contribution in [0.2, 0.25) is 0 Å². The number of carbonyl (C=O) groups excluding carboxylic acids is 3. The van der Waals surface area contributed by atoms with Crippen molar-refractivity contribution >= 4 is 73.2 Å². The number of fused-ring (bicyclic) bond motifs is 2. The van der Waals surface area contributed by atoms with Crippen LogP contribution in [0.15, 0.2) is 19.2 Å². The number of carbonyl (C=O) groups is 3. The molecule has 0 bridgehead atoms. The third-order valence-electron chi connectivity index (χ3n) is 7.06. The van der Waals surface area contributed by atoms with Crippen molar-refractivity contribution in [3.05, 3.63) is 40.0 Å². The highest BCUT2D eigenvalue weighted by molar-refractivity contribution is 7.16. The average Bonchev–Trinajstić information content (AvgIpc) is 3.74. The van der Waals surface area contributed by atoms with Crippen LogP contribution in [-0.4, -0.2) is 89.7 Å². The molecule has 49 heavy (non-hydrogen) atoms. The highest BCUT2D eigenvalue weighted by atomic mass is 32.1. The van der Waals surface area contributed by atoms with Gasteiger partial charge in [0, 0.05) is 33.6 Å². The van der Waals surface area contributed by atoms with Crippen molar-refractivity contribution in [3.8, 4) is 0 Å². The number of anilines is 2. The summed E-state index contributed by atoms with van der Waals surface area (Å²) < 4.78 is 28.8. The Kier molecular flexibility index (Phi) is 10.3. The molecule has 6 rings (SSSR count). The molecule has 0 aliphatic carbocycles. The normalized spacial score (nSPS) is 23.3. The quantitative estimate of drug-likeness (QED) is 0.106. The van der Waals surface area contributed by atoms with Gasteiger partial charge in [-0.15, -0.1) is 0 Å². The smallest absolute Gasteiger partial charge is 0.311 e. The fourth-order valence-corrected chi connectivity index (χ4v) is 6.88. The highest BCUT2D eigenvalue weighted by Crippen LogP contribution is 2.33. The number of nitrogens with one attached hydrogen (secondary N) is 2. The number of nitrogens with zero attached hydrogens (tertiary/aromatic N) is 4. The molecule has 6 atom stereocenters. The number of rotatable bonds is 7. The lowest BCUT2D eigenvalue weighted by Crippen LogP contribution is -2.30. The van der Waals surface area contributed by atoms with E-state index in [9.17, 15) is 38.7 Å². The second kappa shape index (κ2) is 14.3. The molecule has 0 spiro atoms. The van der Waals surface area contributed by atoms with E-state index in [0.29, 0.717) is 22.7 Å². The van der Waals surface area contributed by atoms with Crippen LogP contribution in [0.5, 0.6) is 0 Å². The Hall–Kier alpha value is -4.97. The summed E-state index contributed by atoms with van der Waals surface area (Å²) in [6, 6.07) is 0. The molecule has 4 aromatic rings. The molecule has 0 amide bonds. The third kappa shape index (κ3) is 7.69. The van der Waals surface area contributed by atoms with Crippen molar-refractivity contribution in [1.29, 1.82) is 0 Å². The Labute approximate surface area is 280 Å². The second-order valence-electron chi connectivity index (χ2n) is 10.8. The van der Waals surface area contributed by atoms with Crippen LogP contribution in [0.1, 0.15) is 46.1 Å². The number of H-pyrrole nitrogens is 2. The molecule has 264 valence electrons. The predicted molar refractivity (Wildman–Crippen MR) is 170 cm³/mol. The van der Waals surface area contributed by atoms with Crippen LogP contribution in [-0.2, 0) is 38.1 Å². The summed E-state index contributed by atoms with van der Waals surface area (Å²) in [4.78, 5) is 93.2. The minimum Gasteiger partial charge on any atom is -0.463 e. The van der Waals surface area contributed by atoms with Gasteiger partial charge in [-0.1, -0.05) is 22.7 Å². The van der Waals surface area contributed by atoms with E-state index < -0.39 is 75.6 Å². The zero-order valence-electron chi connectivity index (χ0n) is 25.9. The topological polar surface area (TPSA) is 305 Å². The molecule has 2 saturated heterocycles. The fourth-order valence-electron chi connectivity index (χ4n) is 5.20. The molecule has 21 nitrogen and oxygen atoms in total. The van der Waals surface area contributed by atoms with E-state index >= 15 is 0 Å². The molecule has 0 saturated carbocycles. The average molecular weight is 727 g/mol. The van der Waals surface area contributed by atoms with E-state index in [2.05, 4.69) is 19.9 Å². The molecule has 0 aromatic carbocycles. The number of thiazole rings is 2. The van der Waals surface area contributed by atoms with E-state index in [4.69, 9.17) is 35.2 Å². The molecule has 6 heterocycles. The number of aliphatic hydroxyl groups excluding tert-OH is 1. The lowest BCUT2D eigenvalue weighted by atomic mass is 10.2. The number of nitrogen functional groups attached to an aromatic ring is 2. The molecule has 0 unspecified atom stereocenters. The summed E-state index contributed by atoms with van der Waals surface area (Å²) in [7, 11) is 0. The second-order valence-corrected chi connectivity index (χ2v) is 12.7. The Morgan fingerprint density at radius 3 is 1.71 bits per heavy atom. The van der Waals surface area contributed by atoms with Gasteiger partial charge in [0.1, 0.15) is 34.8 Å². The van der Waals surface area contributed by atoms with E-state index in [0.717, 1.165) is 9.13 Å². The van der Waals surface area contributed by atoms with Gasteiger partial charge in [-0.2, -0.15) is 9.97 Å². The minimum atomic E-state index is -1.02. The molecule has 4 aromatic heterocycles. The molecular formula is C26H30N8O13S2. The van der Waals surface area contributed by atoms with Gasteiger partial charge in [-0.25, -0.2) is 0 Å². The number of hydrogen-bond donors (Lipinski definition) is 5. The summed E-state index contributed by atoms with van der Waals surface area (Å²) in [6.45, 7) is 3.66. The molecule has 0 radical (unpaired) electrons. The molecule has 2 fully saturated rings. The van der Waals surface area contributed by atoms with Gasteiger partial charge in [0.05, 0.1) is 12.2 Å². The van der Waals surface area contributed by atoms with Crippen LogP contribution < -0.4 is 32.3 Å². The summed E-state index contributed by atoms with van der Waals surface area (Å²) in [5.74, 6) is -1.81. The van der Waals surface area contributed by atoms with Crippen molar-refractivity contribution in [1.82, 2.24) is 29.1 Å². The summed E-state index contributed by atoms with van der Waals surface area (Å²) in [5, 5.41) is 10.2. The van der Waals surface area contributed by atoms with Crippen molar-refractivity contribution in [2.75, 3.05) is 24.7 Å². The van der Waals surface area contributed by atoms with Crippen LogP contribution in [0.25, 0.3) is 20.7 Å². The van der Waals surface area contributed by atoms with Crippen LogP contribution >= 0.6 is 22.7 Å². The Bertz CT molecular complexity index is 2150. The maximum Gasteiger partial charge on any atom is 0.311 e.